The van der Waals surface area contributed by atoms with Gasteiger partial charge in [0.25, 0.3) is 5.91 Å². The maximum atomic E-state index is 11.8. The van der Waals surface area contributed by atoms with Crippen LogP contribution in [0.1, 0.15) is 31.4 Å². The molecular weight excluding hydrogens is 228 g/mol. The van der Waals surface area contributed by atoms with Gasteiger partial charge in [-0.25, -0.2) is 0 Å². The van der Waals surface area contributed by atoms with Crippen molar-refractivity contribution >= 4 is 5.91 Å². The van der Waals surface area contributed by atoms with Gasteiger partial charge >= 0.3 is 0 Å². The van der Waals surface area contributed by atoms with Crippen LogP contribution < -0.4 is 10.5 Å². The number of carbonyl (C=O) groups excluding carboxylic acids is 1. The summed E-state index contributed by atoms with van der Waals surface area (Å²) < 4.78 is 5.47. The van der Waals surface area contributed by atoms with Crippen molar-refractivity contribution in [3.63, 3.8) is 0 Å². The van der Waals surface area contributed by atoms with E-state index in [9.17, 15) is 4.79 Å². The van der Waals surface area contributed by atoms with Crippen LogP contribution in [0, 0.1) is 0 Å². The molecule has 1 aliphatic carbocycles. The maximum absolute atomic E-state index is 11.8. The number of carbonyl (C=O) groups is 1. The summed E-state index contributed by atoms with van der Waals surface area (Å²) in [7, 11) is 1.84. The van der Waals surface area contributed by atoms with Crippen molar-refractivity contribution in [3.8, 4) is 5.75 Å². The van der Waals surface area contributed by atoms with Gasteiger partial charge in [0.15, 0.2) is 6.61 Å². The highest BCUT2D eigenvalue weighted by molar-refractivity contribution is 5.78. The average Bonchev–Trinajstić information content (AvgIpc) is 3.19. The number of ether oxygens (including phenoxy) is 1. The Hall–Kier alpha value is -1.55. The van der Waals surface area contributed by atoms with Gasteiger partial charge in [-0.2, -0.15) is 0 Å². The summed E-state index contributed by atoms with van der Waals surface area (Å²) in [6, 6.07) is 8.00. The molecule has 1 saturated carbocycles. The Balaban J connectivity index is 1.84. The predicted molar refractivity (Wildman–Crippen MR) is 70.3 cm³/mol. The number of nitrogens with two attached hydrogens (primary N) is 1. The summed E-state index contributed by atoms with van der Waals surface area (Å²) in [5.41, 5.74) is 6.82. The molecule has 0 spiro atoms. The van der Waals surface area contributed by atoms with Crippen LogP contribution in [-0.4, -0.2) is 30.5 Å². The largest absolute Gasteiger partial charge is 0.484 e. The molecule has 1 aromatic carbocycles. The van der Waals surface area contributed by atoms with Crippen molar-refractivity contribution in [3.05, 3.63) is 29.8 Å². The lowest BCUT2D eigenvalue weighted by Gasteiger charge is -2.16. The first-order valence-electron chi connectivity index (χ1n) is 6.32. The Morgan fingerprint density at radius 1 is 1.44 bits per heavy atom. The lowest BCUT2D eigenvalue weighted by atomic mass is 10.1. The number of nitrogens with zero attached hydrogens (tertiary/aromatic N) is 1. The van der Waals surface area contributed by atoms with Gasteiger partial charge in [0.2, 0.25) is 0 Å². The molecule has 4 heteroatoms. The van der Waals surface area contributed by atoms with Crippen LogP contribution in [-0.2, 0) is 4.79 Å². The van der Waals surface area contributed by atoms with Crippen molar-refractivity contribution in [2.24, 2.45) is 5.73 Å². The Kier molecular flexibility index (Phi) is 3.87. The van der Waals surface area contributed by atoms with Gasteiger partial charge in [-0.1, -0.05) is 12.1 Å². The fraction of sp³-hybridized carbons (Fsp3) is 0.500. The van der Waals surface area contributed by atoms with Gasteiger partial charge in [-0.05, 0) is 37.5 Å². The van der Waals surface area contributed by atoms with Crippen LogP contribution in [0.2, 0.25) is 0 Å². The first kappa shape index (κ1) is 12.9. The molecule has 2 N–H and O–H groups in total. The standard InChI is InChI=1S/C14H20N2O2/c1-10(15)11-3-7-13(8-4-11)18-9-14(17)16(2)12-5-6-12/h3-4,7-8,10,12H,5-6,9,15H2,1-2H3/t10-/m0/s1. The molecule has 0 unspecified atom stereocenters. The summed E-state index contributed by atoms with van der Waals surface area (Å²) in [6.07, 6.45) is 2.23. The third-order valence-electron chi connectivity index (χ3n) is 3.26. The van der Waals surface area contributed by atoms with E-state index >= 15 is 0 Å². The fourth-order valence-electron chi connectivity index (χ4n) is 1.78. The summed E-state index contributed by atoms with van der Waals surface area (Å²) in [5.74, 6) is 0.741. The lowest BCUT2D eigenvalue weighted by Crippen LogP contribution is -2.33. The molecule has 1 atom stereocenters. The first-order valence-corrected chi connectivity index (χ1v) is 6.32. The molecular formula is C14H20N2O2. The van der Waals surface area contributed by atoms with E-state index in [1.54, 1.807) is 4.90 Å². The number of hydrogen-bond acceptors (Lipinski definition) is 3. The van der Waals surface area contributed by atoms with Crippen molar-refractivity contribution in [2.75, 3.05) is 13.7 Å². The minimum Gasteiger partial charge on any atom is -0.484 e. The zero-order valence-electron chi connectivity index (χ0n) is 10.9. The van der Waals surface area contributed by atoms with Gasteiger partial charge in [0.05, 0.1) is 0 Å². The van der Waals surface area contributed by atoms with Crippen LogP contribution in [0.25, 0.3) is 0 Å². The summed E-state index contributed by atoms with van der Waals surface area (Å²) >= 11 is 0. The Bertz CT molecular complexity index is 410. The minimum atomic E-state index is 0.0154. The zero-order valence-corrected chi connectivity index (χ0v) is 10.9. The number of amides is 1. The smallest absolute Gasteiger partial charge is 0.260 e. The lowest BCUT2D eigenvalue weighted by molar-refractivity contribution is -0.132. The molecule has 0 saturated heterocycles. The molecule has 0 bridgehead atoms. The highest BCUT2D eigenvalue weighted by Gasteiger charge is 2.29. The average molecular weight is 248 g/mol. The molecule has 0 aliphatic heterocycles. The van der Waals surface area contributed by atoms with Crippen molar-refractivity contribution in [2.45, 2.75) is 31.8 Å². The van der Waals surface area contributed by atoms with E-state index in [0.717, 1.165) is 18.4 Å². The van der Waals surface area contributed by atoms with Crippen LogP contribution in [0.5, 0.6) is 5.75 Å². The van der Waals surface area contributed by atoms with Crippen LogP contribution in [0.4, 0.5) is 0 Å². The zero-order chi connectivity index (χ0) is 13.1. The maximum Gasteiger partial charge on any atom is 0.260 e. The van der Waals surface area contributed by atoms with E-state index < -0.39 is 0 Å². The normalized spacial score (nSPS) is 16.2. The van der Waals surface area contributed by atoms with Gasteiger partial charge in [-0.15, -0.1) is 0 Å². The summed E-state index contributed by atoms with van der Waals surface area (Å²) in [5, 5.41) is 0. The van der Waals surface area contributed by atoms with E-state index in [4.69, 9.17) is 10.5 Å². The van der Waals surface area contributed by atoms with Crippen molar-refractivity contribution in [1.29, 1.82) is 0 Å². The number of benzene rings is 1. The topological polar surface area (TPSA) is 55.6 Å². The van der Waals surface area contributed by atoms with Crippen LogP contribution in [0.15, 0.2) is 24.3 Å². The molecule has 1 aliphatic rings. The van der Waals surface area contributed by atoms with Crippen LogP contribution in [0.3, 0.4) is 0 Å². The van der Waals surface area contributed by atoms with Gasteiger partial charge in [-0.3, -0.25) is 4.79 Å². The Labute approximate surface area is 108 Å². The number of likely N-dealkylation sites (N-methyl/N-ethyl adjacent to an activating group) is 1. The van der Waals surface area contributed by atoms with E-state index in [-0.39, 0.29) is 18.6 Å². The Morgan fingerprint density at radius 3 is 2.56 bits per heavy atom. The summed E-state index contributed by atoms with van der Waals surface area (Å²) in [4.78, 5) is 13.5. The summed E-state index contributed by atoms with van der Waals surface area (Å²) in [6.45, 7) is 2.04. The van der Waals surface area contributed by atoms with Crippen molar-refractivity contribution < 1.29 is 9.53 Å². The predicted octanol–water partition coefficient (Wildman–Crippen LogP) is 1.71. The van der Waals surface area contributed by atoms with E-state index in [1.807, 2.05) is 38.2 Å². The first-order chi connectivity index (χ1) is 8.58. The second-order valence-electron chi connectivity index (χ2n) is 4.88. The molecule has 4 nitrogen and oxygen atoms in total. The molecule has 1 fully saturated rings. The molecule has 1 amide bonds. The molecule has 0 aromatic heterocycles. The second-order valence-corrected chi connectivity index (χ2v) is 4.88. The van der Waals surface area contributed by atoms with Gasteiger partial charge in [0, 0.05) is 19.1 Å². The molecule has 2 rings (SSSR count). The van der Waals surface area contributed by atoms with E-state index in [0.29, 0.717) is 11.8 Å². The Morgan fingerprint density at radius 2 is 2.06 bits per heavy atom. The van der Waals surface area contributed by atoms with E-state index in [2.05, 4.69) is 0 Å². The third-order valence-corrected chi connectivity index (χ3v) is 3.26. The highest BCUT2D eigenvalue weighted by Crippen LogP contribution is 2.25. The quantitative estimate of drug-likeness (QED) is 0.863. The number of hydrogen-bond donors (Lipinski definition) is 1. The minimum absolute atomic E-state index is 0.0154. The third kappa shape index (κ3) is 3.23. The van der Waals surface area contributed by atoms with Crippen molar-refractivity contribution in [1.82, 2.24) is 4.90 Å². The molecule has 18 heavy (non-hydrogen) atoms. The molecule has 1 aromatic rings. The van der Waals surface area contributed by atoms with Gasteiger partial charge in [0.1, 0.15) is 5.75 Å². The van der Waals surface area contributed by atoms with Gasteiger partial charge < -0.3 is 15.4 Å². The second kappa shape index (κ2) is 5.40. The SMILES string of the molecule is C[C@H](N)c1ccc(OCC(=O)N(C)C2CC2)cc1. The molecule has 98 valence electrons. The van der Waals surface area contributed by atoms with Crippen LogP contribution >= 0.6 is 0 Å². The number of rotatable bonds is 5. The van der Waals surface area contributed by atoms with E-state index in [1.165, 1.54) is 0 Å². The molecule has 0 radical (unpaired) electrons. The highest BCUT2D eigenvalue weighted by atomic mass is 16.5. The molecule has 0 heterocycles. The monoisotopic (exact) mass is 248 g/mol. The fourth-order valence-corrected chi connectivity index (χ4v) is 1.78.